The fourth-order valence-corrected chi connectivity index (χ4v) is 3.61. The average Bonchev–Trinajstić information content (AvgIpc) is 3.24. The van der Waals surface area contributed by atoms with E-state index >= 15 is 0 Å². The van der Waals surface area contributed by atoms with E-state index in [9.17, 15) is 14.4 Å². The van der Waals surface area contributed by atoms with Crippen LogP contribution in [0.2, 0.25) is 0 Å². The zero-order valence-electron chi connectivity index (χ0n) is 15.9. The minimum atomic E-state index is -0.885. The van der Waals surface area contributed by atoms with Crippen molar-refractivity contribution in [1.29, 1.82) is 0 Å². The highest BCUT2D eigenvalue weighted by molar-refractivity contribution is 5.89. The van der Waals surface area contributed by atoms with E-state index in [1.165, 1.54) is 0 Å². The van der Waals surface area contributed by atoms with Crippen LogP contribution < -0.4 is 0 Å². The fourth-order valence-electron chi connectivity index (χ4n) is 3.61. The Morgan fingerprint density at radius 2 is 1.96 bits per heavy atom. The van der Waals surface area contributed by atoms with Gasteiger partial charge in [-0.15, -0.1) is 0 Å². The highest BCUT2D eigenvalue weighted by atomic mass is 16.5. The summed E-state index contributed by atoms with van der Waals surface area (Å²) < 4.78 is 16.3. The number of likely N-dealkylation sites (tertiary alicyclic amines) is 1. The minimum absolute atomic E-state index is 0.0526. The number of hydrogen-bond donors (Lipinski definition) is 0. The molecular weight excluding hydrogens is 352 g/mol. The first-order chi connectivity index (χ1) is 12.8. The van der Waals surface area contributed by atoms with Gasteiger partial charge in [0.15, 0.2) is 6.10 Å². The zero-order valence-corrected chi connectivity index (χ0v) is 15.9. The van der Waals surface area contributed by atoms with Gasteiger partial charge in [-0.05, 0) is 32.9 Å². The molecule has 0 saturated carbocycles. The normalized spacial score (nSPS) is 26.9. The molecule has 1 aromatic rings. The molecule has 0 aromatic carbocycles. The molecule has 2 aliphatic heterocycles. The Bertz CT molecular complexity index is 678. The van der Waals surface area contributed by atoms with E-state index in [-0.39, 0.29) is 37.0 Å². The van der Waals surface area contributed by atoms with Crippen LogP contribution in [0.3, 0.4) is 0 Å². The molecule has 27 heavy (non-hydrogen) atoms. The predicted molar refractivity (Wildman–Crippen MR) is 94.4 cm³/mol. The van der Waals surface area contributed by atoms with Crippen molar-refractivity contribution in [3.63, 3.8) is 0 Å². The Morgan fingerprint density at radius 1 is 1.26 bits per heavy atom. The summed E-state index contributed by atoms with van der Waals surface area (Å²) >= 11 is 0. The van der Waals surface area contributed by atoms with Crippen LogP contribution in [0.25, 0.3) is 0 Å². The molecule has 0 unspecified atom stereocenters. The van der Waals surface area contributed by atoms with Gasteiger partial charge in [-0.3, -0.25) is 14.4 Å². The van der Waals surface area contributed by atoms with Gasteiger partial charge < -0.3 is 23.7 Å². The van der Waals surface area contributed by atoms with E-state index in [1.807, 2.05) is 13.8 Å². The standard InChI is InChI=1S/C19H26N2O6/c1-12-8-21(9-13(2)26-12)18(23)14(3)27-19(24)15-7-17(22)20(10-15)11-16-5-4-6-25-16/h4-6,12-15H,7-11H2,1-3H3/t12-,13+,14-,15+/m0/s1. The Morgan fingerprint density at radius 3 is 2.59 bits per heavy atom. The summed E-state index contributed by atoms with van der Waals surface area (Å²) in [5.74, 6) is -0.771. The van der Waals surface area contributed by atoms with Crippen LogP contribution in [-0.2, 0) is 30.4 Å². The number of ether oxygens (including phenoxy) is 2. The fraction of sp³-hybridized carbons (Fsp3) is 0.632. The van der Waals surface area contributed by atoms with Crippen LogP contribution in [0.4, 0.5) is 0 Å². The van der Waals surface area contributed by atoms with Crippen molar-refractivity contribution < 1.29 is 28.3 Å². The molecule has 2 saturated heterocycles. The number of hydrogen-bond acceptors (Lipinski definition) is 6. The second-order valence-electron chi connectivity index (χ2n) is 7.33. The quantitative estimate of drug-likeness (QED) is 0.715. The molecule has 2 amide bonds. The van der Waals surface area contributed by atoms with Gasteiger partial charge in [-0.25, -0.2) is 0 Å². The lowest BCUT2D eigenvalue weighted by Gasteiger charge is -2.36. The van der Waals surface area contributed by atoms with E-state index in [1.54, 1.807) is 35.1 Å². The van der Waals surface area contributed by atoms with Gasteiger partial charge in [0.05, 0.1) is 30.9 Å². The predicted octanol–water partition coefficient (Wildman–Crippen LogP) is 1.20. The molecule has 3 rings (SSSR count). The maximum Gasteiger partial charge on any atom is 0.312 e. The topological polar surface area (TPSA) is 89.3 Å². The molecule has 4 atom stereocenters. The number of carbonyl (C=O) groups is 3. The summed E-state index contributed by atoms with van der Waals surface area (Å²) in [6, 6.07) is 3.53. The van der Waals surface area contributed by atoms with Crippen LogP contribution in [0.1, 0.15) is 33.0 Å². The summed E-state index contributed by atoms with van der Waals surface area (Å²) in [6.07, 6.45) is 0.643. The van der Waals surface area contributed by atoms with E-state index in [2.05, 4.69) is 0 Å². The zero-order chi connectivity index (χ0) is 19.6. The van der Waals surface area contributed by atoms with Crippen molar-refractivity contribution in [2.24, 2.45) is 5.92 Å². The molecule has 0 bridgehead atoms. The molecule has 148 valence electrons. The van der Waals surface area contributed by atoms with Crippen LogP contribution in [0.5, 0.6) is 0 Å². The van der Waals surface area contributed by atoms with Crippen molar-refractivity contribution in [3.8, 4) is 0 Å². The first-order valence-electron chi connectivity index (χ1n) is 9.28. The first-order valence-corrected chi connectivity index (χ1v) is 9.28. The minimum Gasteiger partial charge on any atom is -0.467 e. The molecule has 0 radical (unpaired) electrons. The molecule has 2 fully saturated rings. The molecule has 0 aliphatic carbocycles. The van der Waals surface area contributed by atoms with Crippen LogP contribution in [-0.4, -0.2) is 65.5 Å². The third-order valence-corrected chi connectivity index (χ3v) is 4.85. The second kappa shape index (κ2) is 8.12. The summed E-state index contributed by atoms with van der Waals surface area (Å²) in [5, 5.41) is 0. The lowest BCUT2D eigenvalue weighted by Crippen LogP contribution is -2.51. The molecular formula is C19H26N2O6. The number of esters is 1. The number of furan rings is 1. The van der Waals surface area contributed by atoms with Gasteiger partial charge in [-0.2, -0.15) is 0 Å². The largest absolute Gasteiger partial charge is 0.467 e. The van der Waals surface area contributed by atoms with Gasteiger partial charge in [0.25, 0.3) is 5.91 Å². The molecule has 8 heteroatoms. The third kappa shape index (κ3) is 4.68. The van der Waals surface area contributed by atoms with E-state index in [4.69, 9.17) is 13.9 Å². The summed E-state index contributed by atoms with van der Waals surface area (Å²) in [6.45, 7) is 6.93. The van der Waals surface area contributed by atoms with E-state index in [0.29, 0.717) is 25.4 Å². The molecule has 8 nitrogen and oxygen atoms in total. The monoisotopic (exact) mass is 378 g/mol. The smallest absolute Gasteiger partial charge is 0.312 e. The SMILES string of the molecule is C[C@@H]1CN(C(=O)[C@H](C)OC(=O)[C@@H]2CC(=O)N(Cc3ccco3)C2)C[C@H](C)O1. The maximum atomic E-state index is 12.6. The lowest BCUT2D eigenvalue weighted by molar-refractivity contribution is -0.166. The first kappa shape index (κ1) is 19.4. The van der Waals surface area contributed by atoms with Gasteiger partial charge >= 0.3 is 5.97 Å². The molecule has 0 spiro atoms. The molecule has 3 heterocycles. The van der Waals surface area contributed by atoms with Crippen molar-refractivity contribution in [1.82, 2.24) is 9.80 Å². The number of rotatable bonds is 5. The van der Waals surface area contributed by atoms with Crippen LogP contribution >= 0.6 is 0 Å². The van der Waals surface area contributed by atoms with Gasteiger partial charge in [0.2, 0.25) is 5.91 Å². The van der Waals surface area contributed by atoms with Crippen LogP contribution in [0, 0.1) is 5.92 Å². The van der Waals surface area contributed by atoms with Crippen LogP contribution in [0.15, 0.2) is 22.8 Å². The van der Waals surface area contributed by atoms with Crippen molar-refractivity contribution in [2.75, 3.05) is 19.6 Å². The summed E-state index contributed by atoms with van der Waals surface area (Å²) in [4.78, 5) is 40.4. The Hall–Kier alpha value is -2.35. The third-order valence-electron chi connectivity index (χ3n) is 4.85. The van der Waals surface area contributed by atoms with Gasteiger partial charge in [0.1, 0.15) is 5.76 Å². The van der Waals surface area contributed by atoms with E-state index < -0.39 is 18.0 Å². The van der Waals surface area contributed by atoms with Crippen molar-refractivity contribution in [2.45, 2.75) is 52.0 Å². The highest BCUT2D eigenvalue weighted by Crippen LogP contribution is 2.22. The Kier molecular flexibility index (Phi) is 5.84. The summed E-state index contributed by atoms with van der Waals surface area (Å²) in [7, 11) is 0. The van der Waals surface area contributed by atoms with Gasteiger partial charge in [0, 0.05) is 26.1 Å². The molecule has 1 aromatic heterocycles. The Balaban J connectivity index is 1.52. The molecule has 0 N–H and O–H groups in total. The number of carbonyl (C=O) groups excluding carboxylic acids is 3. The maximum absolute atomic E-state index is 12.6. The number of amides is 2. The van der Waals surface area contributed by atoms with Crippen molar-refractivity contribution in [3.05, 3.63) is 24.2 Å². The highest BCUT2D eigenvalue weighted by Gasteiger charge is 2.38. The average molecular weight is 378 g/mol. The lowest BCUT2D eigenvalue weighted by atomic mass is 10.1. The summed E-state index contributed by atoms with van der Waals surface area (Å²) in [5.41, 5.74) is 0. The van der Waals surface area contributed by atoms with Gasteiger partial charge in [-0.1, -0.05) is 0 Å². The van der Waals surface area contributed by atoms with E-state index in [0.717, 1.165) is 0 Å². The van der Waals surface area contributed by atoms with Crippen molar-refractivity contribution >= 4 is 17.8 Å². The molecule has 2 aliphatic rings. The second-order valence-corrected chi connectivity index (χ2v) is 7.33. The number of nitrogens with zero attached hydrogens (tertiary/aromatic N) is 2. The Labute approximate surface area is 158 Å². The number of morpholine rings is 1.